The summed E-state index contributed by atoms with van der Waals surface area (Å²) < 4.78 is 93.7. The molecule has 89 heavy (non-hydrogen) atoms. The van der Waals surface area contributed by atoms with Gasteiger partial charge in [0.1, 0.15) is 157 Å². The summed E-state index contributed by atoms with van der Waals surface area (Å²) in [6, 6.07) is 6.12. The molecule has 0 spiro atoms. The summed E-state index contributed by atoms with van der Waals surface area (Å²) in [6.45, 7) is -5.99. The van der Waals surface area contributed by atoms with E-state index in [-0.39, 0.29) is 25.6 Å². The SMILES string of the molecule is CN1C(C(=O)Nc2ccccn2)=C(O)c2sc(Cl)cc2S1(=O)=O.OC[C@H]1O[C@@H]2O[C@H]3[C@H](O)[C@@H](O)[C@@H](O[C@H]4[C@H](O)[C@@H](O)[C@@H](O[C@H]5[C@H](O)[C@@H](O)[C@@H](O[C@H]6[C@H](O)[C@@H](O)[C@@H](O[C@H]7[C@H](O)[C@@H](O)[C@@H](O[C@H]1[C@H](O)[C@H]2O)O[C@@H]7CO)O[C@@H]6CO)O[C@@H]5CO)O[C@@H]4CO)O[C@@H]3CO. The molecule has 23 aliphatic heterocycles. The first-order chi connectivity index (χ1) is 42.2. The Morgan fingerprint density at radius 1 is 0.494 bits per heavy atom. The number of hydrogen-bond donors (Lipinski definition) is 20. The molecule has 23 aliphatic rings. The standard InChI is InChI=1S/C36H60O30.C13H10ClN3O4S2/c37-1-7-25-13(43)19(49)31(55-7)62-26-8(2-38)57-33(21(51)15(26)45)64-28-10(4-40)59-35(23(53)17(28)47)66-30-12(6-42)60-36(24(54)18(30)48)65-29-11(5-41)58-34(22(52)16(29)46)63-27-9(3-39)56-32(61-25)20(50)14(27)44;1-17-10(13(19)16-9-4-2-3-5-15-9)11(18)12-7(23(17,20)21)6-8(14)22-12/h7-54H,1-6H2;2-6,18H,1H3,(H,15,16,19)/t7-,8-,9-,10-,11-,12-,13-,14-,15-,16-,17-,18-,19-,20-,21-,22-,23-,24-,25-,26-,27-,28-,29-,30-,31-,32-,33-,34-,35-,36-;/m1./s1. The first-order valence-electron chi connectivity index (χ1n) is 27.4. The van der Waals surface area contributed by atoms with Gasteiger partial charge in [-0.05, 0) is 18.2 Å². The van der Waals surface area contributed by atoms with Crippen LogP contribution in [0.3, 0.4) is 0 Å². The summed E-state index contributed by atoms with van der Waals surface area (Å²) >= 11 is 6.73. The predicted octanol–water partition coefficient (Wildman–Crippen LogP) is -10.8. The molecular formula is C49H70ClN3O34S2. The summed E-state index contributed by atoms with van der Waals surface area (Å²) in [5.41, 5.74) is -0.387. The normalized spacial score (nSPS) is 45.2. The smallest absolute Gasteiger partial charge is 0.278 e. The summed E-state index contributed by atoms with van der Waals surface area (Å²) in [6.07, 6.45) is -57.0. The molecule has 2 aromatic heterocycles. The van der Waals surface area contributed by atoms with E-state index in [9.17, 15) is 110 Å². The number of halogens is 1. The average molecular weight is 1340 g/mol. The van der Waals surface area contributed by atoms with E-state index >= 15 is 0 Å². The quantitative estimate of drug-likeness (QED) is 0.117. The highest BCUT2D eigenvalue weighted by Gasteiger charge is 2.59. The number of nitrogens with one attached hydrogen (secondary N) is 1. The largest absolute Gasteiger partial charge is 0.504 e. The van der Waals surface area contributed by atoms with Crippen molar-refractivity contribution in [3.05, 3.63) is 45.4 Å². The van der Waals surface area contributed by atoms with Gasteiger partial charge in [0.15, 0.2) is 49.2 Å². The lowest BCUT2D eigenvalue weighted by Crippen LogP contribution is -2.69. The van der Waals surface area contributed by atoms with E-state index in [0.29, 0.717) is 0 Å². The van der Waals surface area contributed by atoms with Crippen molar-refractivity contribution in [1.82, 2.24) is 9.29 Å². The molecule has 0 unspecified atom stereocenters. The van der Waals surface area contributed by atoms with E-state index in [4.69, 9.17) is 68.4 Å². The van der Waals surface area contributed by atoms with Crippen molar-refractivity contribution in [1.29, 1.82) is 0 Å². The maximum Gasteiger partial charge on any atom is 0.278 e. The number of pyridine rings is 1. The molecule has 37 nitrogen and oxygen atoms in total. The fourth-order valence-electron chi connectivity index (χ4n) is 11.0. The number of sulfonamides is 1. The maximum atomic E-state index is 12.5. The van der Waals surface area contributed by atoms with Crippen molar-refractivity contribution < 1.29 is 167 Å². The Kier molecular flexibility index (Phi) is 22.9. The number of amides is 1. The van der Waals surface area contributed by atoms with Crippen LogP contribution in [-0.2, 0) is 71.7 Å². The topological polar surface area (TPSA) is 575 Å². The Morgan fingerprint density at radius 2 is 0.775 bits per heavy atom. The Labute approximate surface area is 511 Å². The third-order valence-corrected chi connectivity index (χ3v) is 19.0. The number of aliphatic hydroxyl groups is 19. The number of nitrogens with zero attached hydrogens (tertiary/aromatic N) is 2. The number of aromatic nitrogens is 1. The second-order valence-corrected chi connectivity index (χ2v) is 25.0. The van der Waals surface area contributed by atoms with Gasteiger partial charge in [-0.3, -0.25) is 9.10 Å². The average Bonchev–Trinajstić information content (AvgIpc) is 1.89. The van der Waals surface area contributed by atoms with Crippen LogP contribution in [0.5, 0.6) is 0 Å². The maximum absolute atomic E-state index is 12.5. The second kappa shape index (κ2) is 29.1. The zero-order chi connectivity index (χ0) is 64.8. The van der Waals surface area contributed by atoms with E-state index in [1.54, 1.807) is 18.2 Å². The van der Waals surface area contributed by atoms with E-state index in [2.05, 4.69) is 10.3 Å². The Balaban J connectivity index is 0.000000340. The first kappa shape index (κ1) is 70.0. The fourth-order valence-corrected chi connectivity index (χ4v) is 14.0. The zero-order valence-corrected chi connectivity index (χ0v) is 48.5. The number of rotatable bonds is 8. The minimum absolute atomic E-state index is 0.0410. The number of carbonyl (C=O) groups excluding carboxylic acids is 1. The van der Waals surface area contributed by atoms with Gasteiger partial charge in [-0.15, -0.1) is 11.3 Å². The summed E-state index contributed by atoms with van der Waals surface area (Å²) in [4.78, 5) is 16.2. The van der Waals surface area contributed by atoms with Crippen LogP contribution in [0.2, 0.25) is 4.34 Å². The molecule has 0 radical (unpaired) electrons. The van der Waals surface area contributed by atoms with Gasteiger partial charge in [0.25, 0.3) is 15.9 Å². The van der Waals surface area contributed by atoms with Crippen LogP contribution in [0.25, 0.3) is 5.76 Å². The molecule has 22 fully saturated rings. The van der Waals surface area contributed by atoms with Gasteiger partial charge >= 0.3 is 0 Å². The van der Waals surface area contributed by atoms with Crippen LogP contribution < -0.4 is 5.32 Å². The van der Waals surface area contributed by atoms with E-state index < -0.39 is 246 Å². The molecule has 1 amide bonds. The highest BCUT2D eigenvalue weighted by molar-refractivity contribution is 7.89. The summed E-state index contributed by atoms with van der Waals surface area (Å²) in [7, 11) is -2.77. The minimum atomic E-state index is -3.96. The fraction of sp³-hybridized carbons (Fsp3) is 0.755. The molecule has 0 aromatic carbocycles. The van der Waals surface area contributed by atoms with Crippen LogP contribution in [0.15, 0.2) is 41.1 Å². The van der Waals surface area contributed by atoms with Crippen LogP contribution >= 0.6 is 22.9 Å². The van der Waals surface area contributed by atoms with Crippen molar-refractivity contribution in [2.75, 3.05) is 52.0 Å². The van der Waals surface area contributed by atoms with Gasteiger partial charge in [0, 0.05) is 13.2 Å². The summed E-state index contributed by atoms with van der Waals surface area (Å²) in [5, 5.41) is 208. The predicted molar refractivity (Wildman–Crippen MR) is 282 cm³/mol. The molecule has 504 valence electrons. The van der Waals surface area contributed by atoms with Gasteiger partial charge in [-0.1, -0.05) is 17.7 Å². The van der Waals surface area contributed by atoms with Crippen molar-refractivity contribution in [2.45, 2.75) is 189 Å². The van der Waals surface area contributed by atoms with Gasteiger partial charge in [0.05, 0.1) is 48.9 Å². The number of likely N-dealkylation sites (N-methyl/N-ethyl adjacent to an activating group) is 1. The minimum Gasteiger partial charge on any atom is -0.504 e. The van der Waals surface area contributed by atoms with Crippen LogP contribution in [0.1, 0.15) is 4.88 Å². The van der Waals surface area contributed by atoms with Crippen molar-refractivity contribution in [2.24, 2.45) is 0 Å². The van der Waals surface area contributed by atoms with Crippen molar-refractivity contribution >= 4 is 50.4 Å². The Bertz CT molecular complexity index is 2530. The number of ether oxygens (including phenoxy) is 12. The van der Waals surface area contributed by atoms with E-state index in [0.717, 1.165) is 15.6 Å². The zero-order valence-electron chi connectivity index (χ0n) is 46.2. The van der Waals surface area contributed by atoms with Crippen molar-refractivity contribution in [3.8, 4) is 0 Å². The highest BCUT2D eigenvalue weighted by Crippen LogP contribution is 2.43. The number of aliphatic hydroxyl groups excluding tert-OH is 19. The lowest BCUT2D eigenvalue weighted by Gasteiger charge is -2.50. The lowest BCUT2D eigenvalue weighted by molar-refractivity contribution is -0.404. The number of thiophene rings is 1. The molecule has 2 aromatic rings. The lowest BCUT2D eigenvalue weighted by atomic mass is 9.94. The number of hydrogen-bond acceptors (Lipinski definition) is 36. The van der Waals surface area contributed by atoms with Crippen LogP contribution in [0.4, 0.5) is 5.82 Å². The van der Waals surface area contributed by atoms with E-state index in [1.807, 2.05) is 0 Å². The second-order valence-electron chi connectivity index (χ2n) is 21.4. The van der Waals surface area contributed by atoms with E-state index in [1.165, 1.54) is 19.3 Å². The third kappa shape index (κ3) is 13.8. The Hall–Kier alpha value is -3.30. The summed E-state index contributed by atoms with van der Waals surface area (Å²) in [5.74, 6) is -0.997. The molecular weight excluding hydrogens is 1270 g/mol. The van der Waals surface area contributed by atoms with Crippen molar-refractivity contribution in [3.63, 3.8) is 0 Å². The molecule has 0 saturated carbocycles. The third-order valence-electron chi connectivity index (χ3n) is 15.9. The van der Waals surface area contributed by atoms with Gasteiger partial charge in [-0.25, -0.2) is 13.4 Å². The molecule has 25 rings (SSSR count). The highest BCUT2D eigenvalue weighted by atomic mass is 35.5. The van der Waals surface area contributed by atoms with Crippen LogP contribution in [-0.4, -0.2) is 352 Å². The first-order valence-corrected chi connectivity index (χ1v) is 30.0. The molecule has 20 N–H and O–H groups in total. The molecule has 30 atom stereocenters. The molecule has 25 heterocycles. The molecule has 40 heteroatoms. The molecule has 0 aliphatic carbocycles. The Morgan fingerprint density at radius 3 is 1.02 bits per heavy atom. The number of fused-ring (bicyclic) bond motifs is 1. The number of carbonyl (C=O) groups is 1. The monoisotopic (exact) mass is 1340 g/mol. The molecule has 22 saturated heterocycles. The number of anilines is 1. The van der Waals surface area contributed by atoms with Gasteiger partial charge < -0.3 is 159 Å². The van der Waals surface area contributed by atoms with Gasteiger partial charge in [-0.2, -0.15) is 0 Å². The van der Waals surface area contributed by atoms with Gasteiger partial charge in [0.2, 0.25) is 0 Å². The molecule has 12 bridgehead atoms. The van der Waals surface area contributed by atoms with Crippen LogP contribution in [0, 0.1) is 0 Å².